The van der Waals surface area contributed by atoms with Crippen molar-refractivity contribution in [2.24, 2.45) is 0 Å². The third-order valence-corrected chi connectivity index (χ3v) is 3.37. The van der Waals surface area contributed by atoms with Gasteiger partial charge in [0, 0.05) is 10.2 Å². The summed E-state index contributed by atoms with van der Waals surface area (Å²) < 4.78 is 12.4. The topological polar surface area (TPSA) is 44.5 Å². The van der Waals surface area contributed by atoms with Crippen LogP contribution in [0.2, 0.25) is 0 Å². The number of aryl methyl sites for hydroxylation is 2. The molecule has 0 unspecified atom stereocenters. The van der Waals surface area contributed by atoms with E-state index >= 15 is 0 Å². The Morgan fingerprint density at radius 1 is 1.00 bits per heavy atom. The number of benzene rings is 2. The van der Waals surface area contributed by atoms with Gasteiger partial charge in [-0.05, 0) is 55.3 Å². The molecule has 0 saturated heterocycles. The Labute approximate surface area is 127 Å². The molecule has 2 aromatic carbocycles. The average molecular weight is 336 g/mol. The normalized spacial score (nSPS) is 10.3. The van der Waals surface area contributed by atoms with Crippen molar-refractivity contribution in [1.29, 1.82) is 0 Å². The SMILES string of the molecule is Cc1cc(N)cc(C)c1OCCOc1cccc(Br)c1. The third kappa shape index (κ3) is 3.90. The van der Waals surface area contributed by atoms with Crippen LogP contribution in [0.1, 0.15) is 11.1 Å². The Morgan fingerprint density at radius 2 is 1.65 bits per heavy atom. The molecule has 2 N–H and O–H groups in total. The zero-order chi connectivity index (χ0) is 14.5. The highest BCUT2D eigenvalue weighted by atomic mass is 79.9. The van der Waals surface area contributed by atoms with Crippen LogP contribution in [0.3, 0.4) is 0 Å². The van der Waals surface area contributed by atoms with Gasteiger partial charge in [-0.25, -0.2) is 0 Å². The quantitative estimate of drug-likeness (QED) is 0.660. The predicted octanol–water partition coefficient (Wildman–Crippen LogP) is 4.11. The molecule has 0 spiro atoms. The Balaban J connectivity index is 1.88. The number of rotatable bonds is 5. The summed E-state index contributed by atoms with van der Waals surface area (Å²) in [7, 11) is 0. The molecule has 0 atom stereocenters. The second-order valence-electron chi connectivity index (χ2n) is 4.64. The molecule has 106 valence electrons. The first-order valence-electron chi connectivity index (χ1n) is 6.44. The first-order chi connectivity index (χ1) is 9.56. The highest BCUT2D eigenvalue weighted by molar-refractivity contribution is 9.10. The third-order valence-electron chi connectivity index (χ3n) is 2.88. The van der Waals surface area contributed by atoms with Crippen molar-refractivity contribution in [3.05, 3.63) is 52.0 Å². The Bertz CT molecular complexity index is 576. The van der Waals surface area contributed by atoms with Gasteiger partial charge in [0.2, 0.25) is 0 Å². The van der Waals surface area contributed by atoms with E-state index in [4.69, 9.17) is 15.2 Å². The summed E-state index contributed by atoms with van der Waals surface area (Å²) in [5.74, 6) is 1.71. The van der Waals surface area contributed by atoms with Crippen molar-refractivity contribution >= 4 is 21.6 Å². The van der Waals surface area contributed by atoms with Gasteiger partial charge in [-0.15, -0.1) is 0 Å². The molecular formula is C16H18BrNO2. The average Bonchev–Trinajstić information content (AvgIpc) is 2.36. The van der Waals surface area contributed by atoms with Crippen molar-refractivity contribution in [1.82, 2.24) is 0 Å². The van der Waals surface area contributed by atoms with Crippen LogP contribution in [-0.4, -0.2) is 13.2 Å². The first-order valence-corrected chi connectivity index (χ1v) is 7.23. The highest BCUT2D eigenvalue weighted by Gasteiger charge is 2.05. The number of anilines is 1. The van der Waals surface area contributed by atoms with E-state index < -0.39 is 0 Å². The second-order valence-corrected chi connectivity index (χ2v) is 5.55. The molecule has 3 nitrogen and oxygen atoms in total. The molecular weight excluding hydrogens is 318 g/mol. The lowest BCUT2D eigenvalue weighted by Crippen LogP contribution is -2.10. The fraction of sp³-hybridized carbons (Fsp3) is 0.250. The molecule has 4 heteroatoms. The standard InChI is InChI=1S/C16H18BrNO2/c1-11-8-14(18)9-12(2)16(11)20-7-6-19-15-5-3-4-13(17)10-15/h3-5,8-10H,6-7,18H2,1-2H3. The molecule has 0 heterocycles. The number of halogens is 1. The van der Waals surface area contributed by atoms with E-state index in [9.17, 15) is 0 Å². The summed E-state index contributed by atoms with van der Waals surface area (Å²) in [6.07, 6.45) is 0. The van der Waals surface area contributed by atoms with E-state index in [0.717, 1.165) is 32.8 Å². The number of hydrogen-bond acceptors (Lipinski definition) is 3. The van der Waals surface area contributed by atoms with E-state index in [2.05, 4.69) is 15.9 Å². The monoisotopic (exact) mass is 335 g/mol. The van der Waals surface area contributed by atoms with Gasteiger partial charge < -0.3 is 15.2 Å². The Kier molecular flexibility index (Phi) is 4.90. The van der Waals surface area contributed by atoms with Crippen molar-refractivity contribution in [2.45, 2.75) is 13.8 Å². The molecule has 0 aromatic heterocycles. The molecule has 0 saturated carbocycles. The van der Waals surface area contributed by atoms with Crippen molar-refractivity contribution in [3.63, 3.8) is 0 Å². The maximum absolute atomic E-state index is 5.79. The smallest absolute Gasteiger partial charge is 0.125 e. The minimum atomic E-state index is 0.498. The van der Waals surface area contributed by atoms with Crippen molar-refractivity contribution in [3.8, 4) is 11.5 Å². The first kappa shape index (κ1) is 14.7. The fourth-order valence-electron chi connectivity index (χ4n) is 2.07. The molecule has 0 fully saturated rings. The van der Waals surface area contributed by atoms with Gasteiger partial charge in [0.15, 0.2) is 0 Å². The molecule has 0 bridgehead atoms. The summed E-state index contributed by atoms with van der Waals surface area (Å²) >= 11 is 3.41. The summed E-state index contributed by atoms with van der Waals surface area (Å²) in [5, 5.41) is 0. The number of nitrogens with two attached hydrogens (primary N) is 1. The van der Waals surface area contributed by atoms with Gasteiger partial charge >= 0.3 is 0 Å². The van der Waals surface area contributed by atoms with Crippen LogP contribution in [0.4, 0.5) is 5.69 Å². The minimum absolute atomic E-state index is 0.498. The lowest BCUT2D eigenvalue weighted by Gasteiger charge is -2.13. The van der Waals surface area contributed by atoms with Crippen LogP contribution in [0.15, 0.2) is 40.9 Å². The molecule has 0 aliphatic rings. The summed E-state index contributed by atoms with van der Waals surface area (Å²) in [4.78, 5) is 0. The largest absolute Gasteiger partial charge is 0.490 e. The molecule has 0 aliphatic heterocycles. The van der Waals surface area contributed by atoms with Crippen molar-refractivity contribution < 1.29 is 9.47 Å². The summed E-state index contributed by atoms with van der Waals surface area (Å²) in [5.41, 5.74) is 8.64. The minimum Gasteiger partial charge on any atom is -0.490 e. The maximum Gasteiger partial charge on any atom is 0.125 e. The van der Waals surface area contributed by atoms with Crippen LogP contribution >= 0.6 is 15.9 Å². The molecule has 2 rings (SSSR count). The van der Waals surface area contributed by atoms with Crippen LogP contribution in [0.25, 0.3) is 0 Å². The van der Waals surface area contributed by atoms with E-state index in [0.29, 0.717) is 13.2 Å². The van der Waals surface area contributed by atoms with Gasteiger partial charge in [0.25, 0.3) is 0 Å². The summed E-state index contributed by atoms with van der Waals surface area (Å²) in [6, 6.07) is 11.6. The van der Waals surface area contributed by atoms with E-state index in [1.54, 1.807) is 0 Å². The molecule has 2 aromatic rings. The number of hydrogen-bond donors (Lipinski definition) is 1. The van der Waals surface area contributed by atoms with Gasteiger partial charge in [0.05, 0.1) is 0 Å². The molecule has 0 amide bonds. The van der Waals surface area contributed by atoms with Gasteiger partial charge in [-0.2, -0.15) is 0 Å². The van der Waals surface area contributed by atoms with E-state index in [1.807, 2.05) is 50.2 Å². The van der Waals surface area contributed by atoms with E-state index in [-0.39, 0.29) is 0 Å². The van der Waals surface area contributed by atoms with Crippen LogP contribution in [0.5, 0.6) is 11.5 Å². The van der Waals surface area contributed by atoms with Crippen molar-refractivity contribution in [2.75, 3.05) is 18.9 Å². The number of ether oxygens (including phenoxy) is 2. The predicted molar refractivity (Wildman–Crippen MR) is 85.5 cm³/mol. The Hall–Kier alpha value is -1.68. The fourth-order valence-corrected chi connectivity index (χ4v) is 2.45. The van der Waals surface area contributed by atoms with Crippen LogP contribution < -0.4 is 15.2 Å². The zero-order valence-electron chi connectivity index (χ0n) is 11.7. The molecule has 0 aliphatic carbocycles. The number of nitrogen functional groups attached to an aromatic ring is 1. The van der Waals surface area contributed by atoms with Crippen LogP contribution in [0, 0.1) is 13.8 Å². The van der Waals surface area contributed by atoms with Crippen LogP contribution in [-0.2, 0) is 0 Å². The lowest BCUT2D eigenvalue weighted by atomic mass is 10.1. The lowest BCUT2D eigenvalue weighted by molar-refractivity contribution is 0.215. The van der Waals surface area contributed by atoms with Gasteiger partial charge in [-0.1, -0.05) is 22.0 Å². The molecule has 20 heavy (non-hydrogen) atoms. The van der Waals surface area contributed by atoms with Gasteiger partial charge in [-0.3, -0.25) is 0 Å². The maximum atomic E-state index is 5.79. The summed E-state index contributed by atoms with van der Waals surface area (Å²) in [6.45, 7) is 4.99. The Morgan fingerprint density at radius 3 is 2.30 bits per heavy atom. The highest BCUT2D eigenvalue weighted by Crippen LogP contribution is 2.25. The zero-order valence-corrected chi connectivity index (χ0v) is 13.2. The van der Waals surface area contributed by atoms with Gasteiger partial charge in [0.1, 0.15) is 24.7 Å². The second kappa shape index (κ2) is 6.66. The van der Waals surface area contributed by atoms with E-state index in [1.165, 1.54) is 0 Å². The molecule has 0 radical (unpaired) electrons.